The summed E-state index contributed by atoms with van der Waals surface area (Å²) >= 11 is 0. The number of nitrogens with one attached hydrogen (secondary N) is 1. The highest BCUT2D eigenvalue weighted by atomic mass is 16.5. The molecule has 3 aromatic rings. The second-order valence-corrected chi connectivity index (χ2v) is 5.65. The van der Waals surface area contributed by atoms with Crippen molar-refractivity contribution in [1.82, 2.24) is 9.78 Å². The summed E-state index contributed by atoms with van der Waals surface area (Å²) in [6, 6.07) is 9.48. The second kappa shape index (κ2) is 8.30. The van der Waals surface area contributed by atoms with Crippen molar-refractivity contribution in [3.8, 4) is 28.7 Å². The quantitative estimate of drug-likeness (QED) is 0.664. The summed E-state index contributed by atoms with van der Waals surface area (Å²) in [7, 11) is 4.45. The van der Waals surface area contributed by atoms with Gasteiger partial charge in [0.25, 0.3) is 5.56 Å². The third-order valence-electron chi connectivity index (χ3n) is 3.88. The van der Waals surface area contributed by atoms with Crippen molar-refractivity contribution in [3.63, 3.8) is 0 Å². The minimum absolute atomic E-state index is 0.274. The van der Waals surface area contributed by atoms with Crippen LogP contribution in [-0.4, -0.2) is 37.0 Å². The van der Waals surface area contributed by atoms with E-state index in [1.54, 1.807) is 24.3 Å². The minimum atomic E-state index is -0.444. The van der Waals surface area contributed by atoms with Crippen LogP contribution in [0.4, 0.5) is 5.69 Å². The molecule has 9 heteroatoms. The first-order chi connectivity index (χ1) is 13.5. The molecule has 1 aromatic carbocycles. The number of methoxy groups -OCH3 is 3. The van der Waals surface area contributed by atoms with E-state index in [0.29, 0.717) is 34.4 Å². The molecule has 0 radical (unpaired) electrons. The average molecular weight is 385 g/mol. The number of carbonyl (C=O) groups excluding carboxylic acids is 1. The molecule has 1 amide bonds. The van der Waals surface area contributed by atoms with Gasteiger partial charge in [-0.05, 0) is 18.2 Å². The van der Waals surface area contributed by atoms with Gasteiger partial charge in [0.2, 0.25) is 11.7 Å². The molecular formula is C19H19N3O6. The van der Waals surface area contributed by atoms with Crippen LogP contribution < -0.4 is 25.1 Å². The van der Waals surface area contributed by atoms with E-state index < -0.39 is 11.5 Å². The third kappa shape index (κ3) is 3.98. The van der Waals surface area contributed by atoms with Crippen LogP contribution in [0.5, 0.6) is 17.2 Å². The molecule has 28 heavy (non-hydrogen) atoms. The van der Waals surface area contributed by atoms with E-state index in [0.717, 1.165) is 4.68 Å². The molecule has 3 rings (SSSR count). The van der Waals surface area contributed by atoms with Gasteiger partial charge >= 0.3 is 0 Å². The third-order valence-corrected chi connectivity index (χ3v) is 3.88. The Morgan fingerprint density at radius 1 is 1.11 bits per heavy atom. The van der Waals surface area contributed by atoms with E-state index >= 15 is 0 Å². The van der Waals surface area contributed by atoms with Gasteiger partial charge in [0.15, 0.2) is 17.3 Å². The van der Waals surface area contributed by atoms with Crippen LogP contribution in [0.25, 0.3) is 11.5 Å². The Kier molecular flexibility index (Phi) is 5.64. The Morgan fingerprint density at radius 3 is 2.39 bits per heavy atom. The van der Waals surface area contributed by atoms with E-state index in [9.17, 15) is 9.59 Å². The summed E-state index contributed by atoms with van der Waals surface area (Å²) in [6.07, 6.45) is 1.50. The van der Waals surface area contributed by atoms with Crippen molar-refractivity contribution in [1.29, 1.82) is 0 Å². The van der Waals surface area contributed by atoms with Gasteiger partial charge in [-0.3, -0.25) is 9.59 Å². The number of aromatic nitrogens is 2. The number of amides is 1. The topological polar surface area (TPSA) is 105 Å². The van der Waals surface area contributed by atoms with Crippen LogP contribution in [0, 0.1) is 0 Å². The Labute approximate surface area is 160 Å². The van der Waals surface area contributed by atoms with E-state index in [1.807, 2.05) is 0 Å². The molecule has 0 saturated heterocycles. The molecule has 0 fully saturated rings. The zero-order valence-electron chi connectivity index (χ0n) is 15.6. The van der Waals surface area contributed by atoms with Crippen molar-refractivity contribution < 1.29 is 23.4 Å². The van der Waals surface area contributed by atoms with Gasteiger partial charge in [0.1, 0.15) is 12.2 Å². The molecule has 2 heterocycles. The molecule has 2 aromatic heterocycles. The van der Waals surface area contributed by atoms with E-state index in [2.05, 4.69) is 10.4 Å². The van der Waals surface area contributed by atoms with Gasteiger partial charge in [-0.1, -0.05) is 0 Å². The fourth-order valence-electron chi connectivity index (χ4n) is 2.61. The Bertz CT molecular complexity index is 1000. The number of furan rings is 1. The molecule has 0 saturated carbocycles. The van der Waals surface area contributed by atoms with Crippen LogP contribution in [-0.2, 0) is 11.3 Å². The Morgan fingerprint density at radius 2 is 1.82 bits per heavy atom. The van der Waals surface area contributed by atoms with Gasteiger partial charge in [-0.2, -0.15) is 5.10 Å². The first-order valence-electron chi connectivity index (χ1n) is 8.27. The number of hydrogen-bond donors (Lipinski definition) is 1. The SMILES string of the molecule is COc1cc(NC(=O)Cn2nc(-c3ccco3)ccc2=O)cc(OC)c1OC. The number of ether oxygens (including phenoxy) is 3. The van der Waals surface area contributed by atoms with Gasteiger partial charge in [-0.25, -0.2) is 4.68 Å². The van der Waals surface area contributed by atoms with E-state index in [1.165, 1.54) is 39.7 Å². The lowest BCUT2D eigenvalue weighted by Crippen LogP contribution is -2.29. The van der Waals surface area contributed by atoms with E-state index in [-0.39, 0.29) is 6.54 Å². The lowest BCUT2D eigenvalue weighted by atomic mass is 10.2. The lowest BCUT2D eigenvalue weighted by Gasteiger charge is -2.14. The maximum atomic E-state index is 12.4. The number of carbonyl (C=O) groups is 1. The standard InChI is InChI=1S/C19H19N3O6/c1-25-15-9-12(10-16(26-2)19(15)27-3)20-17(23)11-22-18(24)7-6-13(21-22)14-5-4-8-28-14/h4-10H,11H2,1-3H3,(H,20,23). The number of nitrogens with zero attached hydrogens (tertiary/aromatic N) is 2. The maximum absolute atomic E-state index is 12.4. The molecule has 0 aliphatic rings. The molecule has 0 spiro atoms. The number of anilines is 1. The minimum Gasteiger partial charge on any atom is -0.493 e. The first-order valence-corrected chi connectivity index (χ1v) is 8.27. The zero-order chi connectivity index (χ0) is 20.1. The fourth-order valence-corrected chi connectivity index (χ4v) is 2.61. The van der Waals surface area contributed by atoms with Crippen LogP contribution in [0.3, 0.4) is 0 Å². The highest BCUT2D eigenvalue weighted by molar-refractivity contribution is 5.91. The maximum Gasteiger partial charge on any atom is 0.267 e. The van der Waals surface area contributed by atoms with Gasteiger partial charge in [0.05, 0.1) is 27.6 Å². The molecule has 146 valence electrons. The molecule has 0 aliphatic carbocycles. The summed E-state index contributed by atoms with van der Waals surface area (Å²) in [6.45, 7) is -0.274. The normalized spacial score (nSPS) is 10.4. The molecule has 0 unspecified atom stereocenters. The lowest BCUT2D eigenvalue weighted by molar-refractivity contribution is -0.117. The second-order valence-electron chi connectivity index (χ2n) is 5.65. The highest BCUT2D eigenvalue weighted by Crippen LogP contribution is 2.39. The van der Waals surface area contributed by atoms with Gasteiger partial charge in [-0.15, -0.1) is 0 Å². The van der Waals surface area contributed by atoms with Crippen molar-refractivity contribution in [3.05, 3.63) is 53.0 Å². The van der Waals surface area contributed by atoms with Crippen molar-refractivity contribution in [2.45, 2.75) is 6.54 Å². The van der Waals surface area contributed by atoms with Crippen molar-refractivity contribution in [2.75, 3.05) is 26.6 Å². The predicted octanol–water partition coefficient (Wildman–Crippen LogP) is 2.17. The fraction of sp³-hybridized carbons (Fsp3) is 0.211. The van der Waals surface area contributed by atoms with Crippen LogP contribution in [0.15, 0.2) is 51.9 Å². The smallest absolute Gasteiger partial charge is 0.267 e. The molecule has 0 aliphatic heterocycles. The van der Waals surface area contributed by atoms with Crippen molar-refractivity contribution >= 4 is 11.6 Å². The Balaban J connectivity index is 1.81. The number of benzene rings is 1. The summed E-state index contributed by atoms with van der Waals surface area (Å²) in [5, 5.41) is 6.87. The molecule has 9 nitrogen and oxygen atoms in total. The average Bonchev–Trinajstić information content (AvgIpc) is 3.23. The predicted molar refractivity (Wildman–Crippen MR) is 101 cm³/mol. The first kappa shape index (κ1) is 19.0. The summed E-state index contributed by atoms with van der Waals surface area (Å²) in [5.74, 6) is 1.26. The van der Waals surface area contributed by atoms with Gasteiger partial charge < -0.3 is 23.9 Å². The molecule has 0 bridgehead atoms. The monoisotopic (exact) mass is 385 g/mol. The molecular weight excluding hydrogens is 366 g/mol. The molecule has 0 atom stereocenters. The summed E-state index contributed by atoms with van der Waals surface area (Å²) < 4.78 is 22.1. The van der Waals surface area contributed by atoms with Crippen molar-refractivity contribution in [2.24, 2.45) is 0 Å². The molecule has 1 N–H and O–H groups in total. The largest absolute Gasteiger partial charge is 0.493 e. The van der Waals surface area contributed by atoms with Gasteiger partial charge in [0, 0.05) is 23.9 Å². The van der Waals surface area contributed by atoms with E-state index in [4.69, 9.17) is 18.6 Å². The van der Waals surface area contributed by atoms with Crippen LogP contribution in [0.2, 0.25) is 0 Å². The highest BCUT2D eigenvalue weighted by Gasteiger charge is 2.15. The van der Waals surface area contributed by atoms with Crippen LogP contribution >= 0.6 is 0 Å². The summed E-state index contributed by atoms with van der Waals surface area (Å²) in [5.41, 5.74) is 0.468. The Hall–Kier alpha value is -3.75. The zero-order valence-corrected chi connectivity index (χ0v) is 15.6. The van der Waals surface area contributed by atoms with Crippen LogP contribution in [0.1, 0.15) is 0 Å². The number of hydrogen-bond acceptors (Lipinski definition) is 7. The summed E-state index contributed by atoms with van der Waals surface area (Å²) in [4.78, 5) is 24.5. The number of rotatable bonds is 7.